The van der Waals surface area contributed by atoms with Gasteiger partial charge >= 0.3 is 18.2 Å². The lowest BCUT2D eigenvalue weighted by Gasteiger charge is -2.34. The van der Waals surface area contributed by atoms with E-state index in [2.05, 4.69) is 15.6 Å². The van der Waals surface area contributed by atoms with Crippen molar-refractivity contribution < 1.29 is 70.5 Å². The minimum absolute atomic E-state index is 0.000809. The summed E-state index contributed by atoms with van der Waals surface area (Å²) in [6.45, 7) is 3.14. The third kappa shape index (κ3) is 10.6. The number of aromatic nitrogens is 2. The van der Waals surface area contributed by atoms with Gasteiger partial charge in [0.25, 0.3) is 16.0 Å². The predicted octanol–water partition coefficient (Wildman–Crippen LogP) is 5.94. The summed E-state index contributed by atoms with van der Waals surface area (Å²) in [6, 6.07) is 22.8. The molecule has 1 unspecified atom stereocenters. The Balaban J connectivity index is 1.18. The van der Waals surface area contributed by atoms with Crippen molar-refractivity contribution in [3.8, 4) is 23.0 Å². The first-order valence-electron chi connectivity index (χ1n) is 21.2. The van der Waals surface area contributed by atoms with E-state index >= 15 is 0 Å². The fraction of sp³-hybridized carbons (Fsp3) is 0.298. The molecule has 7 rings (SSSR count). The lowest BCUT2D eigenvalue weighted by atomic mass is 9.95. The zero-order chi connectivity index (χ0) is 48.9. The van der Waals surface area contributed by atoms with Gasteiger partial charge in [0.2, 0.25) is 11.7 Å². The van der Waals surface area contributed by atoms with Crippen LogP contribution in [0.5, 0.6) is 23.0 Å². The molecule has 0 radical (unpaired) electrons. The first kappa shape index (κ1) is 48.2. The molecule has 0 spiro atoms. The summed E-state index contributed by atoms with van der Waals surface area (Å²) in [4.78, 5) is 70.0. The van der Waals surface area contributed by atoms with E-state index in [1.807, 2.05) is 30.3 Å². The van der Waals surface area contributed by atoms with E-state index in [4.69, 9.17) is 27.9 Å². The molecule has 3 heterocycles. The molecule has 4 aromatic carbocycles. The zero-order valence-electron chi connectivity index (χ0n) is 37.6. The van der Waals surface area contributed by atoms with Gasteiger partial charge in [-0.3, -0.25) is 13.8 Å². The second-order valence-corrected chi connectivity index (χ2v) is 17.7. The number of alkyl carbamates (subject to hydrolysis) is 1. The maximum atomic E-state index is 14.8. The Labute approximate surface area is 389 Å². The van der Waals surface area contributed by atoms with Crippen LogP contribution in [-0.4, -0.2) is 110 Å². The Morgan fingerprint density at radius 3 is 2.13 bits per heavy atom. The Bertz CT molecular complexity index is 2990. The number of carboxylic acids is 1. The number of nitrogens with one attached hydrogen (secondary N) is 3. The lowest BCUT2D eigenvalue weighted by molar-refractivity contribution is -0.124. The molecule has 5 N–H and O–H groups in total. The summed E-state index contributed by atoms with van der Waals surface area (Å²) in [5.74, 6) is -2.57. The highest BCUT2D eigenvalue weighted by molar-refractivity contribution is 7.86. The minimum atomic E-state index is -4.10. The molecule has 358 valence electrons. The van der Waals surface area contributed by atoms with Crippen molar-refractivity contribution in [1.29, 1.82) is 0 Å². The largest absolute Gasteiger partial charge is 0.493 e. The Hall–Kier alpha value is -7.78. The molecule has 20 nitrogen and oxygen atoms in total. The van der Waals surface area contributed by atoms with Crippen molar-refractivity contribution in [2.75, 3.05) is 45.1 Å². The molecular weight excluding hydrogens is 907 g/mol. The van der Waals surface area contributed by atoms with Crippen LogP contribution >= 0.6 is 0 Å². The van der Waals surface area contributed by atoms with E-state index in [1.54, 1.807) is 50.2 Å². The van der Waals surface area contributed by atoms with Gasteiger partial charge in [-0.25, -0.2) is 19.0 Å². The summed E-state index contributed by atoms with van der Waals surface area (Å²) >= 11 is 0. The number of amides is 3. The molecule has 0 bridgehead atoms. The minimum Gasteiger partial charge on any atom is -0.493 e. The second-order valence-electron chi connectivity index (χ2n) is 16.1. The maximum absolute atomic E-state index is 14.8. The van der Waals surface area contributed by atoms with Gasteiger partial charge in [0.1, 0.15) is 48.5 Å². The number of carboxylic acid groups (broad SMARTS) is 2. The molecule has 6 aromatic rings. The third-order valence-corrected chi connectivity index (χ3v) is 11.6. The van der Waals surface area contributed by atoms with E-state index in [1.165, 1.54) is 31.3 Å². The van der Waals surface area contributed by atoms with E-state index in [9.17, 15) is 42.6 Å². The van der Waals surface area contributed by atoms with Crippen LogP contribution in [0.1, 0.15) is 51.5 Å². The normalized spacial score (nSPS) is 14.0. The molecule has 0 fully saturated rings. The monoisotopic (exact) mass is 955 g/mol. The van der Waals surface area contributed by atoms with Gasteiger partial charge in [-0.05, 0) is 40.8 Å². The Kier molecular flexibility index (Phi) is 14.4. The maximum Gasteiger partial charge on any atom is 0.416 e. The van der Waals surface area contributed by atoms with Gasteiger partial charge < -0.3 is 54.4 Å². The van der Waals surface area contributed by atoms with Crippen molar-refractivity contribution in [2.24, 2.45) is 5.92 Å². The highest BCUT2D eigenvalue weighted by atomic mass is 32.2. The van der Waals surface area contributed by atoms with Gasteiger partial charge in [-0.15, -0.1) is 0 Å². The van der Waals surface area contributed by atoms with E-state index in [0.717, 1.165) is 17.9 Å². The fourth-order valence-corrected chi connectivity index (χ4v) is 8.59. The standard InChI is InChI=1S/C47H49N5O15S/c1-26(2)38(50-46(57)66-25-28-14-10-7-11-15-28)43(53)48-16-17-64-41-37(62-3)19-29-18-33(49-39(29)42(41)63-4)44(54)51-23-30(67-68(5,60)61)20-31-32-21-35(45(55)56)52(47(58)59)40(32)36(22-34(31)51)65-24-27-12-8-6-9-13-27/h6-15,18-19,21-22,26,30,38,49H,16-17,20,23-25H2,1-5H3,(H,48,53)(H,50,57)(H,55,56)(H,58,59)/t30-,38?/m0/s1. The summed E-state index contributed by atoms with van der Waals surface area (Å²) in [5, 5.41) is 26.3. The highest BCUT2D eigenvalue weighted by Crippen LogP contribution is 2.45. The Morgan fingerprint density at radius 2 is 1.53 bits per heavy atom. The molecular formula is C47H49N5O15S. The molecule has 2 aromatic heterocycles. The predicted molar refractivity (Wildman–Crippen MR) is 246 cm³/mol. The Morgan fingerprint density at radius 1 is 0.853 bits per heavy atom. The average Bonchev–Trinajstić information content (AvgIpc) is 3.93. The van der Waals surface area contributed by atoms with Crippen LogP contribution in [-0.2, 0) is 43.5 Å². The molecule has 0 aliphatic carbocycles. The van der Waals surface area contributed by atoms with Gasteiger partial charge in [-0.2, -0.15) is 8.42 Å². The fourth-order valence-electron chi connectivity index (χ4n) is 7.97. The van der Waals surface area contributed by atoms with Crippen LogP contribution in [0.4, 0.5) is 15.3 Å². The van der Waals surface area contributed by atoms with Crippen molar-refractivity contribution in [3.05, 3.63) is 113 Å². The van der Waals surface area contributed by atoms with Crippen LogP contribution in [0, 0.1) is 5.92 Å². The van der Waals surface area contributed by atoms with Crippen LogP contribution in [0.3, 0.4) is 0 Å². The number of nitrogens with zero attached hydrogens (tertiary/aromatic N) is 2. The number of anilines is 1. The van der Waals surface area contributed by atoms with Crippen LogP contribution in [0.25, 0.3) is 21.8 Å². The quantitative estimate of drug-likeness (QED) is 0.0493. The summed E-state index contributed by atoms with van der Waals surface area (Å²) < 4.78 is 60.0. The van der Waals surface area contributed by atoms with Crippen LogP contribution in [0.2, 0.25) is 0 Å². The lowest BCUT2D eigenvalue weighted by Crippen LogP contribution is -2.50. The molecule has 1 aliphatic heterocycles. The van der Waals surface area contributed by atoms with E-state index < -0.39 is 57.9 Å². The smallest absolute Gasteiger partial charge is 0.416 e. The molecule has 3 amide bonds. The first-order chi connectivity index (χ1) is 32.5. The second kappa shape index (κ2) is 20.4. The van der Waals surface area contributed by atoms with Crippen LogP contribution in [0.15, 0.2) is 84.9 Å². The molecule has 0 saturated heterocycles. The number of ether oxygens (including phenoxy) is 5. The molecule has 21 heteroatoms. The molecule has 1 aliphatic rings. The van der Waals surface area contributed by atoms with Crippen molar-refractivity contribution in [3.63, 3.8) is 0 Å². The molecule has 2 atom stereocenters. The van der Waals surface area contributed by atoms with Gasteiger partial charge in [0.15, 0.2) is 11.5 Å². The number of aromatic carboxylic acids is 1. The SMILES string of the molecule is COc1cc2cc(C(=O)N3C[C@@H](OS(C)(=O)=O)Cc4c3cc(OCc3ccccc3)c3c4cc(C(=O)O)n3C(=O)O)[nH]c2c(OC)c1OCCNC(=O)C(NC(=O)OCc1ccccc1)C(C)C. The third-order valence-electron chi connectivity index (χ3n) is 11.0. The van der Waals surface area contributed by atoms with Crippen LogP contribution < -0.4 is 34.5 Å². The van der Waals surface area contributed by atoms with Crippen molar-refractivity contribution >= 4 is 67.6 Å². The number of carbonyl (C=O) groups excluding carboxylic acids is 3. The number of fused-ring (bicyclic) bond motifs is 4. The topological polar surface area (TPSA) is 263 Å². The first-order valence-corrected chi connectivity index (χ1v) is 23.0. The number of hydrogen-bond acceptors (Lipinski definition) is 13. The highest BCUT2D eigenvalue weighted by Gasteiger charge is 2.37. The summed E-state index contributed by atoms with van der Waals surface area (Å²) in [6.07, 6.45) is -2.85. The number of rotatable bonds is 18. The number of carbonyl (C=O) groups is 5. The van der Waals surface area contributed by atoms with E-state index in [0.29, 0.717) is 21.0 Å². The van der Waals surface area contributed by atoms with Crippen molar-refractivity contribution in [2.45, 2.75) is 45.6 Å². The molecule has 68 heavy (non-hydrogen) atoms. The number of methoxy groups -OCH3 is 2. The van der Waals surface area contributed by atoms with Gasteiger partial charge in [0.05, 0.1) is 50.9 Å². The van der Waals surface area contributed by atoms with Gasteiger partial charge in [0, 0.05) is 23.3 Å². The summed E-state index contributed by atoms with van der Waals surface area (Å²) in [7, 11) is -1.32. The number of hydrogen-bond donors (Lipinski definition) is 5. The van der Waals surface area contributed by atoms with Gasteiger partial charge in [-0.1, -0.05) is 74.5 Å². The number of H-pyrrole nitrogens is 1. The molecule has 0 saturated carbocycles. The average molecular weight is 956 g/mol. The zero-order valence-corrected chi connectivity index (χ0v) is 38.4. The van der Waals surface area contributed by atoms with E-state index in [-0.39, 0.29) is 96.1 Å². The number of aromatic amines is 1. The van der Waals surface area contributed by atoms with Crippen molar-refractivity contribution in [1.82, 2.24) is 20.2 Å². The number of benzene rings is 4. The summed E-state index contributed by atoms with van der Waals surface area (Å²) in [5.41, 5.74) is 1.48.